The molecule has 50 heavy (non-hydrogen) atoms. The Morgan fingerprint density at radius 2 is 1.14 bits per heavy atom. The second-order valence-electron chi connectivity index (χ2n) is 13.2. The summed E-state index contributed by atoms with van der Waals surface area (Å²) in [5.41, 5.74) is 9.46. The lowest BCUT2D eigenvalue weighted by Gasteiger charge is -2.14. The van der Waals surface area contributed by atoms with Crippen LogP contribution in [0.1, 0.15) is 91.7 Å². The van der Waals surface area contributed by atoms with Crippen molar-refractivity contribution in [1.29, 1.82) is 0 Å². The molecule has 0 fully saturated rings. The molecule has 0 amide bonds. The Labute approximate surface area is 295 Å². The van der Waals surface area contributed by atoms with Crippen molar-refractivity contribution in [3.05, 3.63) is 166 Å². The molecule has 8 nitrogen and oxygen atoms in total. The van der Waals surface area contributed by atoms with E-state index in [0.29, 0.717) is 36.1 Å². The van der Waals surface area contributed by atoms with Crippen molar-refractivity contribution < 1.29 is 9.59 Å². The molecule has 0 aliphatic heterocycles. The Hall–Kier alpha value is -5.50. The first-order valence-electron chi connectivity index (χ1n) is 17.1. The van der Waals surface area contributed by atoms with Crippen LogP contribution in [0.5, 0.6) is 0 Å². The highest BCUT2D eigenvalue weighted by molar-refractivity contribution is 5.96. The van der Waals surface area contributed by atoms with E-state index in [2.05, 4.69) is 65.2 Å². The highest BCUT2D eigenvalue weighted by Crippen LogP contribution is 2.21. The summed E-state index contributed by atoms with van der Waals surface area (Å²) in [6.07, 6.45) is 4.57. The molecule has 8 heteroatoms. The number of ketones is 2. The lowest BCUT2D eigenvalue weighted by atomic mass is 9.96. The standard InChI is InChI=1S/2C21H23N3O/c1-15(14-24-11-10-17(3)23-24)19-8-5-7-18(12-19)13-21(25)20-9-4-6-16(2)22-20;1-15(14-24-17(3)10-11-22-24)19-8-5-7-18(12-19)13-21(25)20-9-4-6-16(2)23-20/h2*4-12,15H,13-14H2,1-3H3. The molecular formula is C42H46N6O2. The molecule has 4 aromatic heterocycles. The predicted octanol–water partition coefficient (Wildman–Crippen LogP) is 8.25. The lowest BCUT2D eigenvalue weighted by Crippen LogP contribution is -2.10. The predicted molar refractivity (Wildman–Crippen MR) is 198 cm³/mol. The monoisotopic (exact) mass is 666 g/mol. The average molecular weight is 667 g/mol. The molecule has 6 aromatic rings. The van der Waals surface area contributed by atoms with Gasteiger partial charge in [0.15, 0.2) is 11.6 Å². The highest BCUT2D eigenvalue weighted by Gasteiger charge is 2.14. The zero-order valence-corrected chi connectivity index (χ0v) is 29.9. The Balaban J connectivity index is 0.000000194. The van der Waals surface area contributed by atoms with Gasteiger partial charge in [0.1, 0.15) is 11.4 Å². The maximum absolute atomic E-state index is 12.5. The van der Waals surface area contributed by atoms with Crippen molar-refractivity contribution in [2.24, 2.45) is 0 Å². The maximum atomic E-state index is 12.5. The summed E-state index contributed by atoms with van der Waals surface area (Å²) in [5, 5.41) is 8.80. The number of Topliss-reactive ketones (excluding diaryl/α,β-unsaturated/α-hetero) is 2. The molecule has 2 atom stereocenters. The van der Waals surface area contributed by atoms with Crippen LogP contribution in [0.2, 0.25) is 0 Å². The average Bonchev–Trinajstić information content (AvgIpc) is 3.71. The van der Waals surface area contributed by atoms with Gasteiger partial charge < -0.3 is 0 Å². The fraction of sp³-hybridized carbons (Fsp3) is 0.286. The van der Waals surface area contributed by atoms with Gasteiger partial charge in [0.2, 0.25) is 0 Å². The van der Waals surface area contributed by atoms with E-state index in [1.165, 1.54) is 11.1 Å². The molecule has 2 aromatic carbocycles. The van der Waals surface area contributed by atoms with Crippen molar-refractivity contribution in [1.82, 2.24) is 29.5 Å². The number of hydrogen-bond donors (Lipinski definition) is 0. The van der Waals surface area contributed by atoms with Crippen LogP contribution in [0.4, 0.5) is 0 Å². The Morgan fingerprint density at radius 1 is 0.620 bits per heavy atom. The van der Waals surface area contributed by atoms with Gasteiger partial charge >= 0.3 is 0 Å². The van der Waals surface area contributed by atoms with E-state index in [1.54, 1.807) is 12.1 Å². The van der Waals surface area contributed by atoms with Gasteiger partial charge in [-0.3, -0.25) is 28.9 Å². The third-order valence-electron chi connectivity index (χ3n) is 8.73. The van der Waals surface area contributed by atoms with Crippen LogP contribution >= 0.6 is 0 Å². The second-order valence-corrected chi connectivity index (χ2v) is 13.2. The topological polar surface area (TPSA) is 95.6 Å². The zero-order valence-electron chi connectivity index (χ0n) is 29.9. The number of hydrogen-bond acceptors (Lipinski definition) is 6. The number of aromatic nitrogens is 6. The number of aryl methyl sites for hydroxylation is 4. The van der Waals surface area contributed by atoms with Gasteiger partial charge in [-0.25, -0.2) is 0 Å². The van der Waals surface area contributed by atoms with Crippen LogP contribution in [-0.4, -0.2) is 41.1 Å². The summed E-state index contributed by atoms with van der Waals surface area (Å²) in [6.45, 7) is 13.9. The van der Waals surface area contributed by atoms with E-state index in [4.69, 9.17) is 0 Å². The number of nitrogens with zero attached hydrogens (tertiary/aromatic N) is 6. The molecule has 0 radical (unpaired) electrons. The summed E-state index contributed by atoms with van der Waals surface area (Å²) in [4.78, 5) is 33.6. The van der Waals surface area contributed by atoms with Gasteiger partial charge in [-0.1, -0.05) is 74.5 Å². The van der Waals surface area contributed by atoms with Crippen LogP contribution in [0.3, 0.4) is 0 Å². The molecule has 256 valence electrons. The van der Waals surface area contributed by atoms with Crippen molar-refractivity contribution in [2.75, 3.05) is 0 Å². The Morgan fingerprint density at radius 3 is 1.60 bits per heavy atom. The molecule has 0 saturated heterocycles. The molecule has 2 unspecified atom stereocenters. The van der Waals surface area contributed by atoms with Crippen molar-refractivity contribution in [3.8, 4) is 0 Å². The van der Waals surface area contributed by atoms with E-state index < -0.39 is 0 Å². The number of benzene rings is 2. The van der Waals surface area contributed by atoms with Gasteiger partial charge in [0, 0.05) is 67.2 Å². The molecule has 6 rings (SSSR count). The van der Waals surface area contributed by atoms with Crippen molar-refractivity contribution >= 4 is 11.6 Å². The first-order chi connectivity index (χ1) is 24.0. The summed E-state index contributed by atoms with van der Waals surface area (Å²) in [5.74, 6) is 0.754. The Bertz CT molecular complexity index is 2060. The van der Waals surface area contributed by atoms with Gasteiger partial charge in [0.05, 0.1) is 5.69 Å². The van der Waals surface area contributed by atoms with Gasteiger partial charge in [-0.2, -0.15) is 10.2 Å². The van der Waals surface area contributed by atoms with Crippen LogP contribution in [0, 0.1) is 27.7 Å². The number of pyridine rings is 2. The SMILES string of the molecule is Cc1cccc(C(=O)Cc2cccc(C(C)Cn3ccc(C)n3)c2)n1.Cc1cccc(C(=O)Cc2cccc(C(C)Cn3nccc3C)c2)n1. The number of carbonyl (C=O) groups excluding carboxylic acids is 2. The second kappa shape index (κ2) is 16.7. The first-order valence-corrected chi connectivity index (χ1v) is 17.1. The normalized spacial score (nSPS) is 12.1. The van der Waals surface area contributed by atoms with Gasteiger partial charge in [0.25, 0.3) is 0 Å². The molecule has 0 N–H and O–H groups in total. The molecule has 0 spiro atoms. The lowest BCUT2D eigenvalue weighted by molar-refractivity contribution is 0.0980. The molecule has 0 bridgehead atoms. The molecule has 0 aliphatic rings. The van der Waals surface area contributed by atoms with Crippen LogP contribution in [-0.2, 0) is 25.9 Å². The van der Waals surface area contributed by atoms with E-state index in [1.807, 2.05) is 103 Å². The fourth-order valence-corrected chi connectivity index (χ4v) is 5.87. The van der Waals surface area contributed by atoms with Crippen LogP contribution in [0.15, 0.2) is 109 Å². The van der Waals surface area contributed by atoms with Crippen molar-refractivity contribution in [2.45, 2.75) is 79.3 Å². The summed E-state index contributed by atoms with van der Waals surface area (Å²) >= 11 is 0. The van der Waals surface area contributed by atoms with E-state index in [0.717, 1.165) is 47.0 Å². The summed E-state index contributed by atoms with van der Waals surface area (Å²) < 4.78 is 3.98. The number of carbonyl (C=O) groups is 2. The summed E-state index contributed by atoms with van der Waals surface area (Å²) in [7, 11) is 0. The summed E-state index contributed by atoms with van der Waals surface area (Å²) in [6, 6.07) is 31.6. The third kappa shape index (κ3) is 10.0. The Kier molecular flexibility index (Phi) is 12.0. The minimum Gasteiger partial charge on any atom is -0.292 e. The minimum absolute atomic E-state index is 0.0520. The number of rotatable bonds is 12. The fourth-order valence-electron chi connectivity index (χ4n) is 5.87. The molecule has 0 saturated carbocycles. The van der Waals surface area contributed by atoms with Crippen molar-refractivity contribution in [3.63, 3.8) is 0 Å². The quantitative estimate of drug-likeness (QED) is 0.122. The largest absolute Gasteiger partial charge is 0.292 e. The van der Waals surface area contributed by atoms with E-state index in [-0.39, 0.29) is 11.6 Å². The van der Waals surface area contributed by atoms with E-state index >= 15 is 0 Å². The molecule has 0 aliphatic carbocycles. The zero-order chi connectivity index (χ0) is 35.6. The van der Waals surface area contributed by atoms with Gasteiger partial charge in [-0.05, 0) is 86.3 Å². The first kappa shape index (κ1) is 35.8. The molecular weight excluding hydrogens is 621 g/mol. The smallest absolute Gasteiger partial charge is 0.185 e. The third-order valence-corrected chi connectivity index (χ3v) is 8.73. The highest BCUT2D eigenvalue weighted by atomic mass is 16.1. The maximum Gasteiger partial charge on any atom is 0.185 e. The molecule has 4 heterocycles. The van der Waals surface area contributed by atoms with Crippen LogP contribution in [0.25, 0.3) is 0 Å². The van der Waals surface area contributed by atoms with E-state index in [9.17, 15) is 9.59 Å². The minimum atomic E-state index is 0.0520. The van der Waals surface area contributed by atoms with Crippen LogP contribution < -0.4 is 0 Å². The van der Waals surface area contributed by atoms with Gasteiger partial charge in [-0.15, -0.1) is 0 Å².